The number of aliphatic hydroxyl groups excluding tert-OH is 2. The Morgan fingerprint density at radius 3 is 1.86 bits per heavy atom. The molecule has 16 heteroatoms. The van der Waals surface area contributed by atoms with Gasteiger partial charge >= 0.3 is 0 Å². The normalized spacial score (nSPS) is 21.6. The Morgan fingerprint density at radius 2 is 1.26 bits per heavy atom. The van der Waals surface area contributed by atoms with Crippen LogP contribution in [-0.4, -0.2) is 86.5 Å². The number of nitrogens with one attached hydrogen (secondary N) is 2. The van der Waals surface area contributed by atoms with Crippen LogP contribution in [0.4, 0.5) is 22.0 Å². The van der Waals surface area contributed by atoms with Gasteiger partial charge in [0.15, 0.2) is 5.82 Å². The minimum atomic E-state index is -2.74. The summed E-state index contributed by atoms with van der Waals surface area (Å²) in [6.45, 7) is 0.658. The molecule has 8 rings (SSSR count). The Hall–Kier alpha value is -5.88. The van der Waals surface area contributed by atoms with E-state index in [4.69, 9.17) is 9.47 Å². The van der Waals surface area contributed by atoms with Gasteiger partial charge in [0.05, 0.1) is 31.4 Å². The van der Waals surface area contributed by atoms with Gasteiger partial charge in [0.2, 0.25) is 5.88 Å². The first-order valence-electron chi connectivity index (χ1n) is 23.2. The second kappa shape index (κ2) is 21.4. The molecule has 0 spiro atoms. The average Bonchev–Trinajstić information content (AvgIpc) is 3.37. The molecule has 0 radical (unpaired) electrons. The minimum Gasteiger partial charge on any atom is -0.497 e. The zero-order valence-corrected chi connectivity index (χ0v) is 38.3. The van der Waals surface area contributed by atoms with E-state index in [9.17, 15) is 38.0 Å². The zero-order chi connectivity index (χ0) is 48.9. The first kappa shape index (κ1) is 49.5. The first-order valence-corrected chi connectivity index (χ1v) is 23.2. The number of rotatable bonds is 17. The number of methoxy groups -OCH3 is 2. The number of nitrogens with zero attached hydrogens (tertiary/aromatic N) is 3. The SMILES string of the molecule is COc1cc(F)c2nccc(C(O)(C(O)C3CCC(NC/C=C/c4cc(F)ccc4F)CC3)[C@@](O)(C3CCC(NC/C=C/c4cc(F)ccc4F)CC3)[C@H](O)c3ccnc4ccc(OC)nc34)c2c1. The molecule has 364 valence electrons. The van der Waals surface area contributed by atoms with Gasteiger partial charge in [-0.3, -0.25) is 9.97 Å². The van der Waals surface area contributed by atoms with Crippen molar-refractivity contribution in [2.45, 2.75) is 86.9 Å². The van der Waals surface area contributed by atoms with Crippen LogP contribution in [0.2, 0.25) is 0 Å². The Bertz CT molecular complexity index is 2820. The monoisotopic (exact) mass is 953 g/mol. The Balaban J connectivity index is 1.16. The molecular weight excluding hydrogens is 898 g/mol. The van der Waals surface area contributed by atoms with Gasteiger partial charge in [-0.1, -0.05) is 24.3 Å². The van der Waals surface area contributed by atoms with Crippen molar-refractivity contribution in [3.8, 4) is 11.6 Å². The molecular formula is C53H56F5N5O6. The minimum absolute atomic E-state index is 0.0506. The van der Waals surface area contributed by atoms with Gasteiger partial charge in [0.1, 0.15) is 51.8 Å². The third-order valence-corrected chi connectivity index (χ3v) is 14.1. The highest BCUT2D eigenvalue weighted by Gasteiger charge is 2.65. The molecule has 2 aliphatic carbocycles. The van der Waals surface area contributed by atoms with Crippen LogP contribution in [0.3, 0.4) is 0 Å². The van der Waals surface area contributed by atoms with Crippen molar-refractivity contribution >= 4 is 34.1 Å². The molecule has 4 atom stereocenters. The molecule has 11 nitrogen and oxygen atoms in total. The van der Waals surface area contributed by atoms with E-state index in [-0.39, 0.29) is 75.2 Å². The predicted octanol–water partition coefficient (Wildman–Crippen LogP) is 8.63. The lowest BCUT2D eigenvalue weighted by Gasteiger charge is -2.55. The zero-order valence-electron chi connectivity index (χ0n) is 38.3. The van der Waals surface area contributed by atoms with E-state index >= 15 is 4.39 Å². The van der Waals surface area contributed by atoms with Crippen LogP contribution in [-0.2, 0) is 5.60 Å². The lowest BCUT2D eigenvalue weighted by Crippen LogP contribution is -2.67. The molecule has 0 bridgehead atoms. The fraction of sp³-hybridized carbons (Fsp3) is 0.377. The summed E-state index contributed by atoms with van der Waals surface area (Å²) in [7, 11) is 2.79. The van der Waals surface area contributed by atoms with E-state index in [2.05, 4.69) is 25.6 Å². The third kappa shape index (κ3) is 10.2. The number of aromatic nitrogens is 3. The summed E-state index contributed by atoms with van der Waals surface area (Å²) < 4.78 is 83.0. The molecule has 2 aliphatic rings. The quantitative estimate of drug-likeness (QED) is 0.0486. The maximum atomic E-state index is 16.0. The third-order valence-electron chi connectivity index (χ3n) is 14.1. The summed E-state index contributed by atoms with van der Waals surface area (Å²) >= 11 is 0. The summed E-state index contributed by atoms with van der Waals surface area (Å²) in [5, 5.41) is 61.1. The maximum absolute atomic E-state index is 16.0. The fourth-order valence-corrected chi connectivity index (χ4v) is 10.4. The lowest BCUT2D eigenvalue weighted by molar-refractivity contribution is -0.283. The Kier molecular flexibility index (Phi) is 15.4. The van der Waals surface area contributed by atoms with Crippen molar-refractivity contribution in [2.75, 3.05) is 27.3 Å². The van der Waals surface area contributed by atoms with Gasteiger partial charge in [0, 0.05) is 77.3 Å². The number of halogens is 5. The molecule has 0 amide bonds. The van der Waals surface area contributed by atoms with Crippen LogP contribution in [0.25, 0.3) is 34.1 Å². The highest BCUT2D eigenvalue weighted by molar-refractivity contribution is 5.85. The van der Waals surface area contributed by atoms with Gasteiger partial charge in [-0.25, -0.2) is 26.9 Å². The van der Waals surface area contributed by atoms with Crippen LogP contribution < -0.4 is 20.1 Å². The van der Waals surface area contributed by atoms with Gasteiger partial charge in [-0.05, 0) is 124 Å². The molecule has 3 heterocycles. The van der Waals surface area contributed by atoms with E-state index in [1.807, 2.05) is 0 Å². The van der Waals surface area contributed by atoms with E-state index < -0.39 is 64.3 Å². The number of aliphatic hydroxyl groups is 4. The number of hydrogen-bond donors (Lipinski definition) is 6. The molecule has 2 fully saturated rings. The van der Waals surface area contributed by atoms with Crippen molar-refractivity contribution in [1.82, 2.24) is 25.6 Å². The standard InChI is InChI=1S/C53H56F5N5O6/c1-68-39-29-41-42(22-26-62-48(41)45(58)30-39)53(67,50(64)31-7-13-37(14-8-31)59-23-3-5-32-27-35(54)11-17-43(32)56)52(66,51(65)40-21-25-61-46-19-20-47(69-2)63-49(40)46)34-9-15-38(16-10-34)60-24-4-6-33-28-36(55)12-18-44(33)57/h3-6,11-12,17-22,25-31,34,37-38,50-51,59-60,64-67H,7-10,13-16,23-24H2,1-2H3/b5-3+,6-4+/t31?,34?,37?,38?,50?,51-,52-,53?/m1/s1. The van der Waals surface area contributed by atoms with Crippen molar-refractivity contribution in [1.29, 1.82) is 0 Å². The van der Waals surface area contributed by atoms with E-state index in [1.54, 1.807) is 24.3 Å². The fourth-order valence-electron chi connectivity index (χ4n) is 10.4. The number of benzene rings is 3. The highest BCUT2D eigenvalue weighted by atomic mass is 19.1. The molecule has 6 aromatic rings. The maximum Gasteiger partial charge on any atom is 0.213 e. The van der Waals surface area contributed by atoms with Crippen LogP contribution in [0, 0.1) is 40.9 Å². The van der Waals surface area contributed by atoms with Gasteiger partial charge < -0.3 is 40.5 Å². The molecule has 2 unspecified atom stereocenters. The largest absolute Gasteiger partial charge is 0.497 e. The number of ether oxygens (including phenoxy) is 2. The molecule has 3 aromatic carbocycles. The smallest absolute Gasteiger partial charge is 0.213 e. The summed E-state index contributed by atoms with van der Waals surface area (Å²) in [5.74, 6) is -4.28. The van der Waals surface area contributed by atoms with Crippen molar-refractivity contribution in [2.24, 2.45) is 11.8 Å². The topological polar surface area (TPSA) is 162 Å². The van der Waals surface area contributed by atoms with Crippen molar-refractivity contribution < 1.29 is 51.9 Å². The Labute approximate surface area is 396 Å². The predicted molar refractivity (Wildman–Crippen MR) is 252 cm³/mol. The van der Waals surface area contributed by atoms with E-state index in [1.165, 1.54) is 57.0 Å². The molecule has 69 heavy (non-hydrogen) atoms. The van der Waals surface area contributed by atoms with Crippen LogP contribution >= 0.6 is 0 Å². The average molecular weight is 954 g/mol. The van der Waals surface area contributed by atoms with Gasteiger partial charge in [-0.2, -0.15) is 0 Å². The molecule has 6 N–H and O–H groups in total. The summed E-state index contributed by atoms with van der Waals surface area (Å²) in [6.07, 6.45) is 8.50. The van der Waals surface area contributed by atoms with Crippen molar-refractivity contribution in [3.63, 3.8) is 0 Å². The van der Waals surface area contributed by atoms with E-state index in [0.29, 0.717) is 57.1 Å². The van der Waals surface area contributed by atoms with Crippen molar-refractivity contribution in [3.05, 3.63) is 149 Å². The van der Waals surface area contributed by atoms with Crippen LogP contribution in [0.5, 0.6) is 11.6 Å². The summed E-state index contributed by atoms with van der Waals surface area (Å²) in [6, 6.07) is 15.1. The van der Waals surface area contributed by atoms with Crippen LogP contribution in [0.1, 0.15) is 79.7 Å². The summed E-state index contributed by atoms with van der Waals surface area (Å²) in [4.78, 5) is 13.4. The lowest BCUT2D eigenvalue weighted by atomic mass is 9.57. The first-order chi connectivity index (χ1) is 33.2. The highest BCUT2D eigenvalue weighted by Crippen LogP contribution is 2.56. The van der Waals surface area contributed by atoms with E-state index in [0.717, 1.165) is 42.5 Å². The summed E-state index contributed by atoms with van der Waals surface area (Å²) in [5.41, 5.74) is -4.74. The number of fused-ring (bicyclic) bond motifs is 2. The second-order valence-corrected chi connectivity index (χ2v) is 18.0. The molecule has 0 aliphatic heterocycles. The Morgan fingerprint density at radius 1 is 0.667 bits per heavy atom. The number of hydrogen-bond acceptors (Lipinski definition) is 11. The molecule has 0 saturated heterocycles. The van der Waals surface area contributed by atoms with Gasteiger partial charge in [0.25, 0.3) is 0 Å². The molecule has 2 saturated carbocycles. The second-order valence-electron chi connectivity index (χ2n) is 18.0. The number of pyridine rings is 3. The molecule has 3 aromatic heterocycles. The van der Waals surface area contributed by atoms with Gasteiger partial charge in [-0.15, -0.1) is 0 Å². The van der Waals surface area contributed by atoms with Crippen LogP contribution in [0.15, 0.2) is 97.3 Å².